The number of nitrogens with zero attached hydrogens (tertiary/aromatic N) is 2. The molecule has 26 heavy (non-hydrogen) atoms. The summed E-state index contributed by atoms with van der Waals surface area (Å²) in [5.74, 6) is 1.09. The fraction of sp³-hybridized carbons (Fsp3) is 0.611. The Labute approximate surface area is 156 Å². The number of H-pyrrole nitrogens is 1. The lowest BCUT2D eigenvalue weighted by molar-refractivity contribution is -0.128. The van der Waals surface area contributed by atoms with Crippen molar-refractivity contribution in [1.82, 2.24) is 20.2 Å². The summed E-state index contributed by atoms with van der Waals surface area (Å²) < 4.78 is 5.05. The highest BCUT2D eigenvalue weighted by atomic mass is 32.1. The largest absolute Gasteiger partial charge is 0.383 e. The van der Waals surface area contributed by atoms with E-state index in [-0.39, 0.29) is 23.4 Å². The van der Waals surface area contributed by atoms with E-state index in [1.54, 1.807) is 18.4 Å². The Morgan fingerprint density at radius 2 is 2.19 bits per heavy atom. The molecule has 1 fully saturated rings. The van der Waals surface area contributed by atoms with E-state index in [1.807, 2.05) is 25.7 Å². The number of hydrogen-bond donors (Lipinski definition) is 2. The molecule has 3 heterocycles. The first kappa shape index (κ1) is 19.0. The van der Waals surface area contributed by atoms with E-state index < -0.39 is 0 Å². The molecule has 0 radical (unpaired) electrons. The van der Waals surface area contributed by atoms with Crippen molar-refractivity contribution in [2.24, 2.45) is 5.92 Å². The first-order valence-corrected chi connectivity index (χ1v) is 9.72. The molecule has 0 saturated carbocycles. The zero-order chi connectivity index (χ0) is 18.8. The van der Waals surface area contributed by atoms with Gasteiger partial charge in [0.1, 0.15) is 10.7 Å². The van der Waals surface area contributed by atoms with E-state index in [9.17, 15) is 9.59 Å². The number of likely N-dealkylation sites (tertiary alicyclic amines) is 1. The summed E-state index contributed by atoms with van der Waals surface area (Å²) in [6.45, 7) is 8.61. The molecule has 8 heteroatoms. The molecule has 142 valence electrons. The van der Waals surface area contributed by atoms with Crippen LogP contribution in [-0.2, 0) is 9.53 Å². The van der Waals surface area contributed by atoms with Gasteiger partial charge in [-0.15, -0.1) is 11.3 Å². The number of fused-ring (bicyclic) bond motifs is 1. The van der Waals surface area contributed by atoms with Gasteiger partial charge in [-0.1, -0.05) is 0 Å². The molecular weight excluding hydrogens is 352 g/mol. The molecule has 2 aromatic rings. The van der Waals surface area contributed by atoms with E-state index in [0.29, 0.717) is 37.3 Å². The Morgan fingerprint density at radius 3 is 2.92 bits per heavy atom. The van der Waals surface area contributed by atoms with Gasteiger partial charge in [-0.2, -0.15) is 0 Å². The second kappa shape index (κ2) is 7.85. The van der Waals surface area contributed by atoms with Gasteiger partial charge < -0.3 is 19.9 Å². The number of methoxy groups -OCH3 is 1. The van der Waals surface area contributed by atoms with Crippen molar-refractivity contribution < 1.29 is 9.53 Å². The number of carbonyl (C=O) groups excluding carboxylic acids is 1. The number of ether oxygens (including phenoxy) is 1. The zero-order valence-corrected chi connectivity index (χ0v) is 16.5. The molecule has 1 aliphatic rings. The van der Waals surface area contributed by atoms with Crippen LogP contribution in [-0.4, -0.2) is 54.1 Å². The number of aryl methyl sites for hydroxylation is 2. The smallest absolute Gasteiger partial charge is 0.259 e. The number of nitrogens with one attached hydrogen (secondary N) is 2. The van der Waals surface area contributed by atoms with Crippen molar-refractivity contribution in [2.75, 3.05) is 33.4 Å². The molecule has 2 atom stereocenters. The summed E-state index contributed by atoms with van der Waals surface area (Å²) in [7, 11) is 1.64. The second-order valence-corrected chi connectivity index (χ2v) is 8.15. The van der Waals surface area contributed by atoms with Crippen molar-refractivity contribution >= 4 is 27.5 Å². The van der Waals surface area contributed by atoms with Gasteiger partial charge in [0.15, 0.2) is 0 Å². The Hall–Kier alpha value is -1.77. The third-order valence-corrected chi connectivity index (χ3v) is 6.14. The third kappa shape index (κ3) is 3.82. The van der Waals surface area contributed by atoms with Gasteiger partial charge in [0, 0.05) is 38.0 Å². The van der Waals surface area contributed by atoms with Crippen LogP contribution in [0.5, 0.6) is 0 Å². The van der Waals surface area contributed by atoms with Crippen molar-refractivity contribution in [1.29, 1.82) is 0 Å². The maximum atomic E-state index is 12.4. The molecule has 3 rings (SSSR count). The first-order valence-electron chi connectivity index (χ1n) is 8.90. The monoisotopic (exact) mass is 378 g/mol. The number of aromatic nitrogens is 2. The summed E-state index contributed by atoms with van der Waals surface area (Å²) in [5.41, 5.74) is 0.925. The number of hydrogen-bond acceptors (Lipinski definition) is 6. The predicted molar refractivity (Wildman–Crippen MR) is 103 cm³/mol. The van der Waals surface area contributed by atoms with E-state index in [4.69, 9.17) is 4.74 Å². The number of carbonyl (C=O) groups is 1. The summed E-state index contributed by atoms with van der Waals surface area (Å²) in [4.78, 5) is 35.7. The van der Waals surface area contributed by atoms with Gasteiger partial charge >= 0.3 is 0 Å². The molecule has 2 aromatic heterocycles. The number of thiophene rings is 1. The fourth-order valence-corrected chi connectivity index (χ4v) is 4.36. The Morgan fingerprint density at radius 1 is 1.42 bits per heavy atom. The lowest BCUT2D eigenvalue weighted by atomic mass is 10.1. The van der Waals surface area contributed by atoms with Gasteiger partial charge in [0.2, 0.25) is 5.91 Å². The molecule has 0 spiro atoms. The molecule has 0 aromatic carbocycles. The second-order valence-electron chi connectivity index (χ2n) is 6.95. The van der Waals surface area contributed by atoms with Crippen LogP contribution in [0.1, 0.15) is 35.7 Å². The normalized spacial score (nSPS) is 18.8. The first-order chi connectivity index (χ1) is 12.4. The number of amides is 1. The summed E-state index contributed by atoms with van der Waals surface area (Å²) in [5, 5.41) is 4.11. The standard InChI is InChI=1S/C18H26N4O3S/c1-10-12(3)26-18-15(10)17(24)20-16(21-18)11(2)19-8-13-7-14(23)22(9-13)5-6-25-4/h11,13,19H,5-9H2,1-4H3,(H,20,21,24). The average molecular weight is 378 g/mol. The molecule has 2 unspecified atom stereocenters. The topological polar surface area (TPSA) is 87.3 Å². The molecule has 7 nitrogen and oxygen atoms in total. The lowest BCUT2D eigenvalue weighted by Crippen LogP contribution is -2.31. The van der Waals surface area contributed by atoms with E-state index in [0.717, 1.165) is 21.8 Å². The number of rotatable bonds is 7. The molecular formula is C18H26N4O3S. The quantitative estimate of drug-likeness (QED) is 0.766. The molecule has 1 saturated heterocycles. The van der Waals surface area contributed by atoms with Crippen LogP contribution in [0.15, 0.2) is 4.79 Å². The average Bonchev–Trinajstić information content (AvgIpc) is 3.10. The van der Waals surface area contributed by atoms with E-state index in [1.165, 1.54) is 0 Å². The molecule has 1 amide bonds. The minimum absolute atomic E-state index is 0.0812. The van der Waals surface area contributed by atoms with Crippen LogP contribution in [0.3, 0.4) is 0 Å². The molecule has 0 bridgehead atoms. The maximum absolute atomic E-state index is 12.4. The van der Waals surface area contributed by atoms with Crippen molar-refractivity contribution in [3.63, 3.8) is 0 Å². The van der Waals surface area contributed by atoms with Crippen LogP contribution in [0.2, 0.25) is 0 Å². The maximum Gasteiger partial charge on any atom is 0.259 e. The van der Waals surface area contributed by atoms with Gasteiger partial charge in [-0.25, -0.2) is 4.98 Å². The summed E-state index contributed by atoms with van der Waals surface area (Å²) in [6.07, 6.45) is 0.551. The van der Waals surface area contributed by atoms with Gasteiger partial charge in [-0.05, 0) is 32.3 Å². The molecule has 1 aliphatic heterocycles. The van der Waals surface area contributed by atoms with Crippen LogP contribution in [0, 0.1) is 19.8 Å². The predicted octanol–water partition coefficient (Wildman–Crippen LogP) is 1.75. The summed E-state index contributed by atoms with van der Waals surface area (Å²) >= 11 is 1.55. The highest BCUT2D eigenvalue weighted by molar-refractivity contribution is 7.18. The van der Waals surface area contributed by atoms with Crippen LogP contribution in [0.4, 0.5) is 0 Å². The summed E-state index contributed by atoms with van der Waals surface area (Å²) in [6, 6.07) is -0.0852. The third-order valence-electron chi connectivity index (χ3n) is 5.04. The minimum Gasteiger partial charge on any atom is -0.383 e. The van der Waals surface area contributed by atoms with Gasteiger partial charge in [0.25, 0.3) is 5.56 Å². The highest BCUT2D eigenvalue weighted by Gasteiger charge is 2.29. The Balaban J connectivity index is 1.64. The Kier molecular flexibility index (Phi) is 5.74. The highest BCUT2D eigenvalue weighted by Crippen LogP contribution is 2.26. The van der Waals surface area contributed by atoms with E-state index in [2.05, 4.69) is 15.3 Å². The van der Waals surface area contributed by atoms with Gasteiger partial charge in [0.05, 0.1) is 18.0 Å². The lowest BCUT2D eigenvalue weighted by Gasteiger charge is -2.18. The van der Waals surface area contributed by atoms with Crippen LogP contribution < -0.4 is 10.9 Å². The minimum atomic E-state index is -0.0852. The van der Waals surface area contributed by atoms with Crippen molar-refractivity contribution in [2.45, 2.75) is 33.2 Å². The number of aromatic amines is 1. The van der Waals surface area contributed by atoms with E-state index >= 15 is 0 Å². The molecule has 0 aliphatic carbocycles. The fourth-order valence-electron chi connectivity index (χ4n) is 3.32. The molecule has 2 N–H and O–H groups in total. The van der Waals surface area contributed by atoms with Crippen molar-refractivity contribution in [3.8, 4) is 0 Å². The van der Waals surface area contributed by atoms with Crippen molar-refractivity contribution in [3.05, 3.63) is 26.6 Å². The SMILES string of the molecule is COCCN1CC(CNC(C)c2nc3sc(C)c(C)c3c(=O)[nH]2)CC1=O. The Bertz CT molecular complexity index is 860. The van der Waals surface area contributed by atoms with Gasteiger partial charge in [-0.3, -0.25) is 9.59 Å². The van der Waals surface area contributed by atoms with Crippen LogP contribution in [0.25, 0.3) is 10.2 Å². The van der Waals surface area contributed by atoms with Crippen LogP contribution >= 0.6 is 11.3 Å². The zero-order valence-electron chi connectivity index (χ0n) is 15.7.